The van der Waals surface area contributed by atoms with Gasteiger partial charge < -0.3 is 15.5 Å². The zero-order chi connectivity index (χ0) is 24.6. The second kappa shape index (κ2) is 9.15. The quantitative estimate of drug-likeness (QED) is 0.523. The molecule has 0 bridgehead atoms. The van der Waals surface area contributed by atoms with Crippen molar-refractivity contribution < 1.29 is 28.2 Å². The molecule has 0 aliphatic heterocycles. The predicted molar refractivity (Wildman–Crippen MR) is 120 cm³/mol. The zero-order valence-electron chi connectivity index (χ0n) is 18.6. The molecule has 1 aromatic carbocycles. The van der Waals surface area contributed by atoms with Gasteiger partial charge in [-0.1, -0.05) is 13.0 Å². The summed E-state index contributed by atoms with van der Waals surface area (Å²) in [6, 6.07) is 6.87. The Bertz CT molecular complexity index is 1200. The van der Waals surface area contributed by atoms with E-state index in [1.54, 1.807) is 19.2 Å². The second-order valence-electron chi connectivity index (χ2n) is 8.85. The van der Waals surface area contributed by atoms with Crippen LogP contribution in [0.2, 0.25) is 0 Å². The highest BCUT2D eigenvalue weighted by Crippen LogP contribution is 2.43. The molecular formula is C25H24F3N3O3. The maximum absolute atomic E-state index is 14.4. The van der Waals surface area contributed by atoms with E-state index < -0.39 is 46.3 Å². The van der Waals surface area contributed by atoms with E-state index in [2.05, 4.69) is 15.3 Å². The number of anilines is 1. The maximum atomic E-state index is 14.4. The Hall–Kier alpha value is -3.30. The van der Waals surface area contributed by atoms with Crippen LogP contribution < -0.4 is 5.32 Å². The van der Waals surface area contributed by atoms with Gasteiger partial charge >= 0.3 is 0 Å². The molecule has 4 unspecified atom stereocenters. The smallest absolute Gasteiger partial charge is 0.274 e. The minimum atomic E-state index is -1.22. The highest BCUT2D eigenvalue weighted by molar-refractivity contribution is 6.03. The van der Waals surface area contributed by atoms with E-state index in [-0.39, 0.29) is 24.0 Å². The number of benzene rings is 1. The summed E-state index contributed by atoms with van der Waals surface area (Å²) in [6.07, 6.45) is 2.91. The number of pyridine rings is 2. The van der Waals surface area contributed by atoms with Crippen LogP contribution in [-0.2, 0) is 0 Å². The lowest BCUT2D eigenvalue weighted by molar-refractivity contribution is -0.123. The van der Waals surface area contributed by atoms with Gasteiger partial charge in [-0.05, 0) is 67.5 Å². The molecule has 2 aromatic heterocycles. The fourth-order valence-electron chi connectivity index (χ4n) is 4.37. The number of rotatable bonds is 4. The van der Waals surface area contributed by atoms with Gasteiger partial charge in [0, 0.05) is 6.20 Å². The molecule has 1 aliphatic carbocycles. The fourth-order valence-corrected chi connectivity index (χ4v) is 4.37. The Morgan fingerprint density at radius 2 is 1.79 bits per heavy atom. The number of nitrogens with one attached hydrogen (secondary N) is 1. The summed E-state index contributed by atoms with van der Waals surface area (Å²) in [5.74, 6) is -4.05. The van der Waals surface area contributed by atoms with Crippen molar-refractivity contribution in [2.24, 2.45) is 5.92 Å². The number of aliphatic hydroxyl groups excluding tert-OH is 1. The van der Waals surface area contributed by atoms with Crippen LogP contribution in [0.5, 0.6) is 0 Å². The SMILES string of the molecule is CC1CC(c2ccncc2NC(=O)c2ccc(F)c(-c3c(F)cccc3F)n2)CC(O)C1(C)O. The van der Waals surface area contributed by atoms with E-state index in [1.165, 1.54) is 6.20 Å². The first-order valence-corrected chi connectivity index (χ1v) is 10.9. The van der Waals surface area contributed by atoms with E-state index >= 15 is 0 Å². The van der Waals surface area contributed by atoms with Crippen LogP contribution in [0.1, 0.15) is 48.7 Å². The van der Waals surface area contributed by atoms with E-state index in [0.717, 1.165) is 30.3 Å². The number of hydrogen-bond donors (Lipinski definition) is 3. The molecule has 1 aliphatic rings. The van der Waals surface area contributed by atoms with Gasteiger partial charge in [0.1, 0.15) is 28.8 Å². The number of hydrogen-bond acceptors (Lipinski definition) is 5. The van der Waals surface area contributed by atoms with E-state index in [1.807, 2.05) is 6.92 Å². The third kappa shape index (κ3) is 4.41. The molecule has 2 heterocycles. The van der Waals surface area contributed by atoms with Gasteiger partial charge in [0.2, 0.25) is 0 Å². The Labute approximate surface area is 194 Å². The van der Waals surface area contributed by atoms with Crippen LogP contribution in [0.25, 0.3) is 11.3 Å². The lowest BCUT2D eigenvalue weighted by Crippen LogP contribution is -2.49. The number of aliphatic hydroxyl groups is 2. The van der Waals surface area contributed by atoms with Gasteiger partial charge in [-0.2, -0.15) is 0 Å². The maximum Gasteiger partial charge on any atom is 0.274 e. The summed E-state index contributed by atoms with van der Waals surface area (Å²) in [5.41, 5.74) is -1.65. The summed E-state index contributed by atoms with van der Waals surface area (Å²) < 4.78 is 42.7. The van der Waals surface area contributed by atoms with Crippen LogP contribution in [0, 0.1) is 23.4 Å². The van der Waals surface area contributed by atoms with Crippen molar-refractivity contribution in [3.63, 3.8) is 0 Å². The average molecular weight is 471 g/mol. The lowest BCUT2D eigenvalue weighted by atomic mass is 9.69. The number of carbonyl (C=O) groups excluding carboxylic acids is 1. The van der Waals surface area contributed by atoms with Crippen LogP contribution >= 0.6 is 0 Å². The molecule has 0 radical (unpaired) electrons. The second-order valence-corrected chi connectivity index (χ2v) is 8.85. The van der Waals surface area contributed by atoms with Crippen molar-refractivity contribution in [2.75, 3.05) is 5.32 Å². The third-order valence-electron chi connectivity index (χ3n) is 6.64. The minimum Gasteiger partial charge on any atom is -0.390 e. The molecule has 178 valence electrons. The highest BCUT2D eigenvalue weighted by atomic mass is 19.1. The molecule has 4 atom stereocenters. The number of carbonyl (C=O) groups is 1. The molecule has 1 amide bonds. The molecule has 4 rings (SSSR count). The molecule has 0 spiro atoms. The zero-order valence-corrected chi connectivity index (χ0v) is 18.6. The van der Waals surface area contributed by atoms with Crippen molar-refractivity contribution in [3.8, 4) is 11.3 Å². The lowest BCUT2D eigenvalue weighted by Gasteiger charge is -2.43. The van der Waals surface area contributed by atoms with Gasteiger partial charge in [-0.3, -0.25) is 9.78 Å². The largest absolute Gasteiger partial charge is 0.390 e. The molecule has 3 aromatic rings. The van der Waals surface area contributed by atoms with Crippen molar-refractivity contribution in [1.82, 2.24) is 9.97 Å². The predicted octanol–water partition coefficient (Wildman–Crippen LogP) is 4.44. The van der Waals surface area contributed by atoms with E-state index in [0.29, 0.717) is 17.7 Å². The monoisotopic (exact) mass is 471 g/mol. The van der Waals surface area contributed by atoms with E-state index in [4.69, 9.17) is 0 Å². The van der Waals surface area contributed by atoms with Crippen molar-refractivity contribution in [1.29, 1.82) is 0 Å². The summed E-state index contributed by atoms with van der Waals surface area (Å²) in [4.78, 5) is 20.9. The minimum absolute atomic E-state index is 0.159. The van der Waals surface area contributed by atoms with Gasteiger partial charge in [0.15, 0.2) is 0 Å². The first-order chi connectivity index (χ1) is 16.1. The van der Waals surface area contributed by atoms with Gasteiger partial charge in [0.25, 0.3) is 5.91 Å². The van der Waals surface area contributed by atoms with Gasteiger partial charge in [0.05, 0.1) is 29.2 Å². The highest BCUT2D eigenvalue weighted by Gasteiger charge is 2.43. The molecule has 1 fully saturated rings. The van der Waals surface area contributed by atoms with Crippen LogP contribution in [0.15, 0.2) is 48.8 Å². The summed E-state index contributed by atoms with van der Waals surface area (Å²) in [7, 11) is 0. The first-order valence-electron chi connectivity index (χ1n) is 10.9. The molecule has 3 N–H and O–H groups in total. The third-order valence-corrected chi connectivity index (χ3v) is 6.64. The van der Waals surface area contributed by atoms with Crippen LogP contribution in [0.4, 0.5) is 18.9 Å². The standard InChI is InChI=1S/C25H24F3N3O3/c1-13-10-14(11-21(32)25(13,2)34)15-8-9-29-12-20(15)31-24(33)19-7-6-18(28)23(30-19)22-16(26)4-3-5-17(22)27/h3-9,12-14,21,32,34H,10-11H2,1-2H3,(H,31,33). The molecule has 1 saturated carbocycles. The molecule has 34 heavy (non-hydrogen) atoms. The average Bonchev–Trinajstić information content (AvgIpc) is 2.79. The van der Waals surface area contributed by atoms with Crippen molar-refractivity contribution in [3.05, 3.63) is 77.5 Å². The number of nitrogens with zero attached hydrogens (tertiary/aromatic N) is 2. The van der Waals surface area contributed by atoms with Crippen molar-refractivity contribution in [2.45, 2.75) is 44.3 Å². The number of amides is 1. The normalized spacial score (nSPS) is 24.6. The Morgan fingerprint density at radius 3 is 2.47 bits per heavy atom. The van der Waals surface area contributed by atoms with Gasteiger partial charge in [-0.25, -0.2) is 18.2 Å². The Kier molecular flexibility index (Phi) is 6.42. The Morgan fingerprint density at radius 1 is 1.09 bits per heavy atom. The molecule has 9 heteroatoms. The number of halogens is 3. The topological polar surface area (TPSA) is 95.3 Å². The summed E-state index contributed by atoms with van der Waals surface area (Å²) in [5, 5.41) is 23.6. The first kappa shape index (κ1) is 23.8. The summed E-state index contributed by atoms with van der Waals surface area (Å²) >= 11 is 0. The summed E-state index contributed by atoms with van der Waals surface area (Å²) in [6.45, 7) is 3.45. The molecule has 6 nitrogen and oxygen atoms in total. The molecular weight excluding hydrogens is 447 g/mol. The van der Waals surface area contributed by atoms with Crippen LogP contribution in [0.3, 0.4) is 0 Å². The van der Waals surface area contributed by atoms with Crippen LogP contribution in [-0.4, -0.2) is 37.8 Å². The fraction of sp³-hybridized carbons (Fsp3) is 0.320. The Balaban J connectivity index is 1.63. The molecule has 0 saturated heterocycles. The van der Waals surface area contributed by atoms with Crippen molar-refractivity contribution >= 4 is 11.6 Å². The van der Waals surface area contributed by atoms with Gasteiger partial charge in [-0.15, -0.1) is 0 Å². The number of aromatic nitrogens is 2. The van der Waals surface area contributed by atoms with E-state index in [9.17, 15) is 28.2 Å².